The van der Waals surface area contributed by atoms with Crippen molar-refractivity contribution in [1.29, 1.82) is 0 Å². The van der Waals surface area contributed by atoms with Crippen LogP contribution in [0.25, 0.3) is 0 Å². The summed E-state index contributed by atoms with van der Waals surface area (Å²) in [4.78, 5) is 5.24. The SMILES string of the molecule is COc1cc(OC)c(OC)cc1CN1CCN([C@@H]2CCC[C@H](C)C2)CC1. The Kier molecular flexibility index (Phi) is 6.65. The molecule has 2 fully saturated rings. The first kappa shape index (κ1) is 19.3. The fraction of sp³-hybridized carbons (Fsp3) is 0.714. The van der Waals surface area contributed by atoms with Crippen LogP contribution in [0.2, 0.25) is 0 Å². The molecule has 0 spiro atoms. The van der Waals surface area contributed by atoms with E-state index in [2.05, 4.69) is 16.7 Å². The third-order valence-corrected chi connectivity index (χ3v) is 6.01. The molecule has 0 aromatic heterocycles. The fourth-order valence-corrected chi connectivity index (χ4v) is 4.48. The van der Waals surface area contributed by atoms with Crippen molar-refractivity contribution in [2.75, 3.05) is 47.5 Å². The van der Waals surface area contributed by atoms with Crippen LogP contribution in [-0.4, -0.2) is 63.4 Å². The Bertz CT molecular complexity index is 585. The predicted octanol–water partition coefficient (Wildman–Crippen LogP) is 3.41. The van der Waals surface area contributed by atoms with Gasteiger partial charge in [-0.25, -0.2) is 0 Å². The molecule has 1 saturated carbocycles. The molecule has 26 heavy (non-hydrogen) atoms. The van der Waals surface area contributed by atoms with Gasteiger partial charge in [0, 0.05) is 50.4 Å². The van der Waals surface area contributed by atoms with E-state index in [1.54, 1.807) is 21.3 Å². The molecule has 1 heterocycles. The van der Waals surface area contributed by atoms with Crippen LogP contribution in [0.5, 0.6) is 17.2 Å². The molecule has 0 bridgehead atoms. The van der Waals surface area contributed by atoms with Gasteiger partial charge in [0.25, 0.3) is 0 Å². The summed E-state index contributed by atoms with van der Waals surface area (Å²) in [6.45, 7) is 7.87. The van der Waals surface area contributed by atoms with E-state index in [1.165, 1.54) is 38.8 Å². The Morgan fingerprint density at radius 2 is 1.54 bits per heavy atom. The lowest BCUT2D eigenvalue weighted by atomic mass is 9.86. The Morgan fingerprint density at radius 3 is 2.15 bits per heavy atom. The minimum Gasteiger partial charge on any atom is -0.496 e. The first-order valence-electron chi connectivity index (χ1n) is 9.90. The van der Waals surface area contributed by atoms with Crippen LogP contribution in [-0.2, 0) is 6.54 Å². The van der Waals surface area contributed by atoms with Crippen LogP contribution in [0.1, 0.15) is 38.2 Å². The van der Waals surface area contributed by atoms with E-state index in [0.717, 1.165) is 48.7 Å². The molecule has 1 aromatic carbocycles. The molecule has 1 saturated heterocycles. The van der Waals surface area contributed by atoms with Gasteiger partial charge in [-0.05, 0) is 24.8 Å². The maximum absolute atomic E-state index is 5.58. The summed E-state index contributed by atoms with van der Waals surface area (Å²) in [5.74, 6) is 3.23. The standard InChI is InChI=1S/C21H34N2O3/c1-16-6-5-7-18(12-16)23-10-8-22(9-11-23)15-17-13-20(25-3)21(26-4)14-19(17)24-2/h13-14,16,18H,5-12,15H2,1-4H3/t16-,18+/m0/s1. The lowest BCUT2D eigenvalue weighted by Crippen LogP contribution is -2.50. The molecule has 0 amide bonds. The maximum Gasteiger partial charge on any atom is 0.164 e. The zero-order valence-corrected chi connectivity index (χ0v) is 16.8. The summed E-state index contributed by atoms with van der Waals surface area (Å²) in [6, 6.07) is 4.78. The minimum atomic E-state index is 0.712. The Balaban J connectivity index is 1.60. The Hall–Kier alpha value is -1.46. The Labute approximate surface area is 158 Å². The second-order valence-corrected chi connectivity index (χ2v) is 7.76. The second-order valence-electron chi connectivity index (χ2n) is 7.76. The Morgan fingerprint density at radius 1 is 0.885 bits per heavy atom. The predicted molar refractivity (Wildman–Crippen MR) is 104 cm³/mol. The van der Waals surface area contributed by atoms with Crippen molar-refractivity contribution in [3.63, 3.8) is 0 Å². The number of piperazine rings is 1. The van der Waals surface area contributed by atoms with E-state index in [9.17, 15) is 0 Å². The lowest BCUT2D eigenvalue weighted by Gasteiger charge is -2.42. The number of benzene rings is 1. The fourth-order valence-electron chi connectivity index (χ4n) is 4.48. The van der Waals surface area contributed by atoms with Crippen LogP contribution >= 0.6 is 0 Å². The number of hydrogen-bond acceptors (Lipinski definition) is 5. The molecule has 1 aromatic rings. The summed E-state index contributed by atoms with van der Waals surface area (Å²) < 4.78 is 16.4. The summed E-state index contributed by atoms with van der Waals surface area (Å²) in [5, 5.41) is 0. The molecule has 5 heteroatoms. The summed E-state index contributed by atoms with van der Waals surface area (Å²) >= 11 is 0. The smallest absolute Gasteiger partial charge is 0.164 e. The van der Waals surface area contributed by atoms with Crippen molar-refractivity contribution in [2.45, 2.75) is 45.2 Å². The topological polar surface area (TPSA) is 34.2 Å². The third kappa shape index (κ3) is 4.44. The zero-order valence-electron chi connectivity index (χ0n) is 16.8. The van der Waals surface area contributed by atoms with Gasteiger partial charge in [0.05, 0.1) is 21.3 Å². The van der Waals surface area contributed by atoms with Crippen molar-refractivity contribution in [2.24, 2.45) is 5.92 Å². The van der Waals surface area contributed by atoms with Crippen molar-refractivity contribution in [3.8, 4) is 17.2 Å². The first-order valence-corrected chi connectivity index (χ1v) is 9.90. The van der Waals surface area contributed by atoms with Crippen LogP contribution < -0.4 is 14.2 Å². The van der Waals surface area contributed by atoms with Crippen molar-refractivity contribution < 1.29 is 14.2 Å². The van der Waals surface area contributed by atoms with Gasteiger partial charge in [-0.15, -0.1) is 0 Å². The second kappa shape index (κ2) is 8.96. The molecule has 2 atom stereocenters. The van der Waals surface area contributed by atoms with E-state index in [4.69, 9.17) is 14.2 Å². The number of hydrogen-bond donors (Lipinski definition) is 0. The molecular formula is C21H34N2O3. The largest absolute Gasteiger partial charge is 0.496 e. The summed E-state index contributed by atoms with van der Waals surface area (Å²) in [5.41, 5.74) is 1.16. The van der Waals surface area contributed by atoms with Crippen LogP contribution in [0.3, 0.4) is 0 Å². The lowest BCUT2D eigenvalue weighted by molar-refractivity contribution is 0.0655. The van der Waals surface area contributed by atoms with Gasteiger partial charge in [0.1, 0.15) is 5.75 Å². The van der Waals surface area contributed by atoms with Gasteiger partial charge in [-0.1, -0.05) is 19.8 Å². The molecule has 146 valence electrons. The average Bonchev–Trinajstić information content (AvgIpc) is 2.68. The molecule has 2 aliphatic rings. The van der Waals surface area contributed by atoms with Crippen molar-refractivity contribution in [3.05, 3.63) is 17.7 Å². The summed E-state index contributed by atoms with van der Waals surface area (Å²) in [6.07, 6.45) is 5.57. The zero-order chi connectivity index (χ0) is 18.5. The van der Waals surface area contributed by atoms with Gasteiger partial charge in [-0.2, -0.15) is 0 Å². The molecule has 0 unspecified atom stereocenters. The quantitative estimate of drug-likeness (QED) is 0.775. The molecule has 1 aliphatic carbocycles. The summed E-state index contributed by atoms with van der Waals surface area (Å²) in [7, 11) is 5.05. The molecule has 1 aliphatic heterocycles. The molecule has 0 N–H and O–H groups in total. The highest BCUT2D eigenvalue weighted by atomic mass is 16.5. The highest BCUT2D eigenvalue weighted by Crippen LogP contribution is 2.35. The highest BCUT2D eigenvalue weighted by Gasteiger charge is 2.28. The molecular weight excluding hydrogens is 328 g/mol. The maximum atomic E-state index is 5.58. The number of nitrogens with zero attached hydrogens (tertiary/aromatic N) is 2. The third-order valence-electron chi connectivity index (χ3n) is 6.01. The highest BCUT2D eigenvalue weighted by molar-refractivity contribution is 5.50. The molecule has 0 radical (unpaired) electrons. The number of rotatable bonds is 6. The van der Waals surface area contributed by atoms with Gasteiger partial charge in [-0.3, -0.25) is 9.80 Å². The van der Waals surface area contributed by atoms with E-state index < -0.39 is 0 Å². The molecule has 5 nitrogen and oxygen atoms in total. The normalized spacial score (nSPS) is 25.1. The van der Waals surface area contributed by atoms with Crippen LogP contribution in [0.15, 0.2) is 12.1 Å². The number of methoxy groups -OCH3 is 3. The van der Waals surface area contributed by atoms with E-state index in [1.807, 2.05) is 12.1 Å². The van der Waals surface area contributed by atoms with Gasteiger partial charge in [0.2, 0.25) is 0 Å². The van der Waals surface area contributed by atoms with E-state index in [0.29, 0.717) is 5.75 Å². The van der Waals surface area contributed by atoms with Crippen molar-refractivity contribution >= 4 is 0 Å². The van der Waals surface area contributed by atoms with E-state index in [-0.39, 0.29) is 0 Å². The van der Waals surface area contributed by atoms with Gasteiger partial charge in [0.15, 0.2) is 11.5 Å². The first-order chi connectivity index (χ1) is 12.6. The minimum absolute atomic E-state index is 0.712. The van der Waals surface area contributed by atoms with E-state index >= 15 is 0 Å². The van der Waals surface area contributed by atoms with Gasteiger partial charge < -0.3 is 14.2 Å². The van der Waals surface area contributed by atoms with Crippen molar-refractivity contribution in [1.82, 2.24) is 9.80 Å². The van der Waals surface area contributed by atoms with Gasteiger partial charge >= 0.3 is 0 Å². The molecule has 3 rings (SSSR count). The number of ether oxygens (including phenoxy) is 3. The van der Waals surface area contributed by atoms with Crippen LogP contribution in [0, 0.1) is 5.92 Å². The van der Waals surface area contributed by atoms with Crippen LogP contribution in [0.4, 0.5) is 0 Å². The average molecular weight is 363 g/mol. The monoisotopic (exact) mass is 362 g/mol.